The van der Waals surface area contributed by atoms with Gasteiger partial charge in [-0.2, -0.15) is 13.2 Å². The van der Waals surface area contributed by atoms with Gasteiger partial charge in [0.15, 0.2) is 0 Å². The van der Waals surface area contributed by atoms with Crippen molar-refractivity contribution in [1.82, 2.24) is 0 Å². The minimum Gasteiger partial charge on any atom is -0.494 e. The topological polar surface area (TPSA) is 132 Å². The molecule has 0 aromatic heterocycles. The van der Waals surface area contributed by atoms with E-state index in [0.717, 1.165) is 11.4 Å². The van der Waals surface area contributed by atoms with Crippen LogP contribution in [0, 0.1) is 0 Å². The monoisotopic (exact) mass is 325 g/mol. The maximum Gasteiger partial charge on any atom is 0.394 e. The number of para-hydroxylation sites is 1. The second-order valence-corrected chi connectivity index (χ2v) is 4.96. The number of nitrogens with zero attached hydrogens (tertiary/aromatic N) is 2. The van der Waals surface area contributed by atoms with E-state index in [0.29, 0.717) is 17.9 Å². The first-order chi connectivity index (χ1) is 10.3. The van der Waals surface area contributed by atoms with Crippen molar-refractivity contribution in [2.75, 3.05) is 12.4 Å². The number of nitrogens with one attached hydrogen (secondary N) is 1. The first kappa shape index (κ1) is 17.6. The van der Waals surface area contributed by atoms with Crippen molar-refractivity contribution in [1.29, 1.82) is 0 Å². The molecule has 8 nitrogen and oxygen atoms in total. The molecule has 118 valence electrons. The number of anilines is 1. The zero-order valence-corrected chi connectivity index (χ0v) is 12.5. The number of hydrogen-bond donors (Lipinski definition) is 3. The molecular weight excluding hydrogens is 310 g/mol. The van der Waals surface area contributed by atoms with Crippen LogP contribution in [0.4, 0.5) is 5.69 Å². The lowest BCUT2D eigenvalue weighted by atomic mass is 10.1. The summed E-state index contributed by atoms with van der Waals surface area (Å²) in [5.74, 6) is 0.660. The predicted molar refractivity (Wildman–Crippen MR) is 80.7 cm³/mol. The standard InChI is InChI=1S/C13H13N3O.H2O4S/c1-17-13-9-11(16-14)7-8-12(13)15-10-5-3-2-4-6-10;1-5(2,3)4/h2-6,8-9,15H,7H2,1H3;(H2,1,2,3,4). The molecule has 1 aliphatic carbocycles. The molecule has 2 rings (SSSR count). The molecule has 0 bridgehead atoms. The Labute approximate surface area is 127 Å². The molecule has 1 aromatic carbocycles. The average molecular weight is 325 g/mol. The molecule has 1 aliphatic rings. The largest absolute Gasteiger partial charge is 0.494 e. The maximum atomic E-state index is 8.74. The average Bonchev–Trinajstić information content (AvgIpc) is 2.47. The van der Waals surface area contributed by atoms with Gasteiger partial charge in [0.2, 0.25) is 0 Å². The van der Waals surface area contributed by atoms with Crippen LogP contribution in [0.2, 0.25) is 0 Å². The Morgan fingerprint density at radius 3 is 2.36 bits per heavy atom. The van der Waals surface area contributed by atoms with E-state index >= 15 is 0 Å². The van der Waals surface area contributed by atoms with Gasteiger partial charge in [0.25, 0.3) is 5.71 Å². The van der Waals surface area contributed by atoms with Crippen molar-refractivity contribution in [2.24, 2.45) is 0 Å². The van der Waals surface area contributed by atoms with Gasteiger partial charge in [-0.05, 0) is 18.2 Å². The Balaban J connectivity index is 0.000000422. The van der Waals surface area contributed by atoms with Crippen molar-refractivity contribution in [2.45, 2.75) is 6.42 Å². The number of hydrogen-bond acceptors (Lipinski definition) is 4. The highest BCUT2D eigenvalue weighted by molar-refractivity contribution is 7.79. The third-order valence-corrected chi connectivity index (χ3v) is 2.48. The smallest absolute Gasteiger partial charge is 0.394 e. The van der Waals surface area contributed by atoms with Crippen molar-refractivity contribution < 1.29 is 27.1 Å². The summed E-state index contributed by atoms with van der Waals surface area (Å²) in [6.45, 7) is 0. The highest BCUT2D eigenvalue weighted by atomic mass is 32.3. The first-order valence-electron chi connectivity index (χ1n) is 6.02. The molecule has 0 amide bonds. The van der Waals surface area contributed by atoms with Crippen LogP contribution in [0.3, 0.4) is 0 Å². The van der Waals surface area contributed by atoms with E-state index in [4.69, 9.17) is 27.8 Å². The minimum atomic E-state index is -4.67. The van der Waals surface area contributed by atoms with Gasteiger partial charge in [-0.15, -0.1) is 0 Å². The van der Waals surface area contributed by atoms with Gasteiger partial charge in [-0.3, -0.25) is 9.11 Å². The van der Waals surface area contributed by atoms with Crippen LogP contribution in [0.15, 0.2) is 53.9 Å². The number of methoxy groups -OCH3 is 1. The van der Waals surface area contributed by atoms with Crippen LogP contribution >= 0.6 is 0 Å². The van der Waals surface area contributed by atoms with Crippen LogP contribution in [-0.4, -0.2) is 35.1 Å². The summed E-state index contributed by atoms with van der Waals surface area (Å²) in [4.78, 5) is 3.18. The van der Waals surface area contributed by atoms with Gasteiger partial charge in [-0.1, -0.05) is 18.2 Å². The number of allylic oxidation sites excluding steroid dienone is 2. The fraction of sp³-hybridized carbons (Fsp3) is 0.154. The molecule has 3 N–H and O–H groups in total. The van der Waals surface area contributed by atoms with Gasteiger partial charge in [0.1, 0.15) is 5.76 Å². The second-order valence-electron chi connectivity index (χ2n) is 4.06. The Kier molecular flexibility index (Phi) is 6.48. The van der Waals surface area contributed by atoms with Gasteiger partial charge in [0.05, 0.1) is 25.3 Å². The zero-order valence-electron chi connectivity index (χ0n) is 11.7. The van der Waals surface area contributed by atoms with Gasteiger partial charge >= 0.3 is 10.4 Å². The third-order valence-electron chi connectivity index (χ3n) is 2.48. The fourth-order valence-electron chi connectivity index (χ4n) is 1.62. The SMILES string of the molecule is COC1=CC(=[N+]=[N-])CC=C1Nc1ccccc1.O=S(=O)(O)O. The molecule has 1 aromatic rings. The Morgan fingerprint density at radius 1 is 1.27 bits per heavy atom. The summed E-state index contributed by atoms with van der Waals surface area (Å²) in [5.41, 5.74) is 11.2. The summed E-state index contributed by atoms with van der Waals surface area (Å²) >= 11 is 0. The molecule has 0 aliphatic heterocycles. The normalized spacial score (nSPS) is 13.9. The summed E-state index contributed by atoms with van der Waals surface area (Å²) < 4.78 is 36.8. The number of benzene rings is 1. The van der Waals surface area contributed by atoms with E-state index in [2.05, 4.69) is 10.1 Å². The Morgan fingerprint density at radius 2 is 1.86 bits per heavy atom. The van der Waals surface area contributed by atoms with Gasteiger partial charge in [-0.25, -0.2) is 0 Å². The molecule has 0 radical (unpaired) electrons. The van der Waals surface area contributed by atoms with Crippen LogP contribution in [0.25, 0.3) is 5.53 Å². The van der Waals surface area contributed by atoms with E-state index < -0.39 is 10.4 Å². The maximum absolute atomic E-state index is 8.74. The van der Waals surface area contributed by atoms with E-state index in [1.165, 1.54) is 0 Å². The number of rotatable bonds is 3. The van der Waals surface area contributed by atoms with Gasteiger partial charge < -0.3 is 15.6 Å². The minimum absolute atomic E-state index is 0.582. The lowest BCUT2D eigenvalue weighted by molar-refractivity contribution is -0.00575. The van der Waals surface area contributed by atoms with Crippen molar-refractivity contribution in [3.63, 3.8) is 0 Å². The lowest BCUT2D eigenvalue weighted by Gasteiger charge is -2.15. The van der Waals surface area contributed by atoms with Crippen molar-refractivity contribution in [3.05, 3.63) is 59.5 Å². The highest BCUT2D eigenvalue weighted by Gasteiger charge is 2.17. The Bertz CT molecular complexity index is 711. The quantitative estimate of drug-likeness (QED) is 0.442. The molecule has 0 fully saturated rings. The van der Waals surface area contributed by atoms with Crippen molar-refractivity contribution >= 4 is 21.8 Å². The molecule has 0 unspecified atom stereocenters. The summed E-state index contributed by atoms with van der Waals surface area (Å²) in [6.07, 6.45) is 4.23. The van der Waals surface area contributed by atoms with Crippen LogP contribution < -0.4 is 5.32 Å². The third kappa shape index (κ3) is 6.82. The molecular formula is C13H15N3O5S. The summed E-state index contributed by atoms with van der Waals surface area (Å²) in [6, 6.07) is 9.84. The van der Waals surface area contributed by atoms with Crippen LogP contribution in [0.5, 0.6) is 0 Å². The summed E-state index contributed by atoms with van der Waals surface area (Å²) in [5, 5.41) is 3.26. The molecule has 22 heavy (non-hydrogen) atoms. The lowest BCUT2D eigenvalue weighted by Crippen LogP contribution is -2.11. The zero-order chi connectivity index (χ0) is 16.6. The second kappa shape index (κ2) is 8.11. The first-order valence-corrected chi connectivity index (χ1v) is 7.42. The predicted octanol–water partition coefficient (Wildman–Crippen LogP) is 1.93. The highest BCUT2D eigenvalue weighted by Crippen LogP contribution is 2.20. The molecule has 0 atom stereocenters. The molecule has 0 saturated carbocycles. The molecule has 0 saturated heterocycles. The fourth-order valence-corrected chi connectivity index (χ4v) is 1.62. The van der Waals surface area contributed by atoms with E-state index in [1.54, 1.807) is 13.2 Å². The number of ether oxygens (including phenoxy) is 1. The van der Waals surface area contributed by atoms with E-state index in [1.807, 2.05) is 36.4 Å². The van der Waals surface area contributed by atoms with Crippen LogP contribution in [-0.2, 0) is 15.1 Å². The van der Waals surface area contributed by atoms with Crippen molar-refractivity contribution in [3.8, 4) is 0 Å². The van der Waals surface area contributed by atoms with Crippen LogP contribution in [0.1, 0.15) is 6.42 Å². The molecule has 9 heteroatoms. The molecule has 0 heterocycles. The summed E-state index contributed by atoms with van der Waals surface area (Å²) in [7, 11) is -3.08. The molecule has 0 spiro atoms. The van der Waals surface area contributed by atoms with E-state index in [-0.39, 0.29) is 0 Å². The Hall–Kier alpha value is -2.45. The van der Waals surface area contributed by atoms with E-state index in [9.17, 15) is 0 Å². The van der Waals surface area contributed by atoms with Gasteiger partial charge in [0, 0.05) is 5.69 Å².